The standard InChI is InChI=1S/C15H22N2O2.ClH/c1-16-8-4-9-17-15(18)11-14-13-6-3-2-5-12(13)7-10-19-14;/h2-3,5-6,14,16H,4,7-11H2,1H3,(H,17,18);1H. The van der Waals surface area contributed by atoms with Crippen LogP contribution < -0.4 is 10.6 Å². The van der Waals surface area contributed by atoms with Gasteiger partial charge in [0.2, 0.25) is 5.91 Å². The van der Waals surface area contributed by atoms with Crippen LogP contribution >= 0.6 is 12.4 Å². The number of hydrogen-bond donors (Lipinski definition) is 2. The van der Waals surface area contributed by atoms with Gasteiger partial charge < -0.3 is 15.4 Å². The molecule has 1 aromatic carbocycles. The number of amides is 1. The molecule has 0 aromatic heterocycles. The van der Waals surface area contributed by atoms with Crippen molar-refractivity contribution < 1.29 is 9.53 Å². The fourth-order valence-electron chi connectivity index (χ4n) is 2.38. The summed E-state index contributed by atoms with van der Waals surface area (Å²) in [6.45, 7) is 2.34. The molecule has 2 N–H and O–H groups in total. The third-order valence-electron chi connectivity index (χ3n) is 3.39. The Bertz CT molecular complexity index is 426. The number of halogens is 1. The van der Waals surface area contributed by atoms with Crippen molar-refractivity contribution in [3.8, 4) is 0 Å². The summed E-state index contributed by atoms with van der Waals surface area (Å²) in [6, 6.07) is 8.23. The lowest BCUT2D eigenvalue weighted by atomic mass is 9.95. The molecule has 5 heteroatoms. The molecular weight excluding hydrogens is 276 g/mol. The minimum Gasteiger partial charge on any atom is -0.373 e. The number of fused-ring (bicyclic) bond motifs is 1. The highest BCUT2D eigenvalue weighted by atomic mass is 35.5. The normalized spacial score (nSPS) is 16.9. The molecule has 112 valence electrons. The highest BCUT2D eigenvalue weighted by Crippen LogP contribution is 2.29. The zero-order valence-electron chi connectivity index (χ0n) is 11.9. The average molecular weight is 299 g/mol. The monoisotopic (exact) mass is 298 g/mol. The van der Waals surface area contributed by atoms with Gasteiger partial charge in [0.25, 0.3) is 0 Å². The van der Waals surface area contributed by atoms with Gasteiger partial charge in [-0.05, 0) is 37.6 Å². The Morgan fingerprint density at radius 3 is 2.95 bits per heavy atom. The second-order valence-corrected chi connectivity index (χ2v) is 4.82. The molecule has 2 rings (SSSR count). The first-order chi connectivity index (χ1) is 9.31. The van der Waals surface area contributed by atoms with Crippen LogP contribution in [0.5, 0.6) is 0 Å². The van der Waals surface area contributed by atoms with E-state index in [0.29, 0.717) is 19.6 Å². The van der Waals surface area contributed by atoms with Crippen LogP contribution in [0.3, 0.4) is 0 Å². The van der Waals surface area contributed by atoms with E-state index in [1.54, 1.807) is 0 Å². The second kappa shape index (κ2) is 8.95. The smallest absolute Gasteiger partial charge is 0.222 e. The minimum absolute atomic E-state index is 0. The fourth-order valence-corrected chi connectivity index (χ4v) is 2.38. The van der Waals surface area contributed by atoms with Gasteiger partial charge in [-0.25, -0.2) is 0 Å². The van der Waals surface area contributed by atoms with Gasteiger partial charge in [-0.2, -0.15) is 0 Å². The Hall–Kier alpha value is -1.10. The average Bonchev–Trinajstić information content (AvgIpc) is 2.44. The van der Waals surface area contributed by atoms with Crippen LogP contribution in [0, 0.1) is 0 Å². The van der Waals surface area contributed by atoms with Gasteiger partial charge in [-0.1, -0.05) is 24.3 Å². The minimum atomic E-state index is -0.0887. The molecule has 0 saturated heterocycles. The Balaban J connectivity index is 0.00000200. The van der Waals surface area contributed by atoms with Crippen molar-refractivity contribution in [2.45, 2.75) is 25.4 Å². The van der Waals surface area contributed by atoms with Crippen molar-refractivity contribution in [3.05, 3.63) is 35.4 Å². The van der Waals surface area contributed by atoms with Crippen molar-refractivity contribution in [2.75, 3.05) is 26.7 Å². The lowest BCUT2D eigenvalue weighted by Gasteiger charge is -2.25. The topological polar surface area (TPSA) is 50.4 Å². The van der Waals surface area contributed by atoms with E-state index in [2.05, 4.69) is 22.8 Å². The Kier molecular flexibility index (Phi) is 7.59. The SMILES string of the molecule is CNCCCNC(=O)CC1OCCc2ccccc21.Cl. The van der Waals surface area contributed by atoms with Crippen LogP contribution in [0.15, 0.2) is 24.3 Å². The molecular formula is C15H23ClN2O2. The first-order valence-electron chi connectivity index (χ1n) is 6.92. The summed E-state index contributed by atoms with van der Waals surface area (Å²) in [5, 5.41) is 6.00. The molecule has 1 unspecified atom stereocenters. The highest BCUT2D eigenvalue weighted by molar-refractivity contribution is 5.85. The van der Waals surface area contributed by atoms with Crippen LogP contribution in [0.25, 0.3) is 0 Å². The summed E-state index contributed by atoms with van der Waals surface area (Å²) in [4.78, 5) is 11.9. The number of hydrogen-bond acceptors (Lipinski definition) is 3. The highest BCUT2D eigenvalue weighted by Gasteiger charge is 2.22. The van der Waals surface area contributed by atoms with Crippen LogP contribution in [-0.2, 0) is 16.0 Å². The Morgan fingerprint density at radius 2 is 2.15 bits per heavy atom. The molecule has 1 heterocycles. The number of carbonyl (C=O) groups excluding carboxylic acids is 1. The van der Waals surface area contributed by atoms with Gasteiger partial charge in [0.1, 0.15) is 0 Å². The van der Waals surface area contributed by atoms with E-state index in [4.69, 9.17) is 4.74 Å². The van der Waals surface area contributed by atoms with E-state index < -0.39 is 0 Å². The van der Waals surface area contributed by atoms with Gasteiger partial charge in [-0.15, -0.1) is 12.4 Å². The Labute approximate surface area is 126 Å². The molecule has 0 spiro atoms. The third-order valence-corrected chi connectivity index (χ3v) is 3.39. The van der Waals surface area contributed by atoms with Crippen LogP contribution in [0.1, 0.15) is 30.1 Å². The molecule has 0 bridgehead atoms. The molecule has 4 nitrogen and oxygen atoms in total. The zero-order valence-corrected chi connectivity index (χ0v) is 12.7. The van der Waals surface area contributed by atoms with E-state index in [1.807, 2.05) is 19.2 Å². The molecule has 1 aliphatic heterocycles. The lowest BCUT2D eigenvalue weighted by Crippen LogP contribution is -2.29. The first kappa shape index (κ1) is 17.0. The maximum atomic E-state index is 11.9. The summed E-state index contributed by atoms with van der Waals surface area (Å²) < 4.78 is 5.73. The third kappa shape index (κ3) is 4.78. The number of carbonyl (C=O) groups is 1. The van der Waals surface area contributed by atoms with E-state index >= 15 is 0 Å². The number of benzene rings is 1. The summed E-state index contributed by atoms with van der Waals surface area (Å²) in [6.07, 6.45) is 2.21. The van der Waals surface area contributed by atoms with Gasteiger partial charge in [0, 0.05) is 6.54 Å². The molecule has 0 fully saturated rings. The van der Waals surface area contributed by atoms with Gasteiger partial charge in [0.05, 0.1) is 19.1 Å². The second-order valence-electron chi connectivity index (χ2n) is 4.82. The van der Waals surface area contributed by atoms with Crippen molar-refractivity contribution in [2.24, 2.45) is 0 Å². The molecule has 0 saturated carbocycles. The first-order valence-corrected chi connectivity index (χ1v) is 6.92. The van der Waals surface area contributed by atoms with Crippen LogP contribution in [0.2, 0.25) is 0 Å². The Morgan fingerprint density at radius 1 is 1.35 bits per heavy atom. The zero-order chi connectivity index (χ0) is 13.5. The van der Waals surface area contributed by atoms with E-state index in [1.165, 1.54) is 11.1 Å². The molecule has 20 heavy (non-hydrogen) atoms. The largest absolute Gasteiger partial charge is 0.373 e. The van der Waals surface area contributed by atoms with Gasteiger partial charge in [-0.3, -0.25) is 4.79 Å². The summed E-state index contributed by atoms with van der Waals surface area (Å²) in [7, 11) is 1.91. The van der Waals surface area contributed by atoms with Crippen molar-refractivity contribution in [1.29, 1.82) is 0 Å². The maximum absolute atomic E-state index is 11.9. The fraction of sp³-hybridized carbons (Fsp3) is 0.533. The van der Waals surface area contributed by atoms with Crippen molar-refractivity contribution in [3.63, 3.8) is 0 Å². The molecule has 1 amide bonds. The number of ether oxygens (including phenoxy) is 1. The van der Waals surface area contributed by atoms with Gasteiger partial charge >= 0.3 is 0 Å². The van der Waals surface area contributed by atoms with E-state index in [0.717, 1.165) is 19.4 Å². The molecule has 0 radical (unpaired) electrons. The molecule has 0 aliphatic carbocycles. The van der Waals surface area contributed by atoms with E-state index in [-0.39, 0.29) is 24.4 Å². The van der Waals surface area contributed by atoms with Crippen molar-refractivity contribution in [1.82, 2.24) is 10.6 Å². The number of nitrogens with one attached hydrogen (secondary N) is 2. The van der Waals surface area contributed by atoms with Crippen LogP contribution in [-0.4, -0.2) is 32.7 Å². The molecule has 1 atom stereocenters. The molecule has 1 aromatic rings. The van der Waals surface area contributed by atoms with Gasteiger partial charge in [0.15, 0.2) is 0 Å². The number of rotatable bonds is 6. The molecule has 1 aliphatic rings. The maximum Gasteiger partial charge on any atom is 0.222 e. The van der Waals surface area contributed by atoms with Crippen molar-refractivity contribution >= 4 is 18.3 Å². The predicted octanol–water partition coefficient (Wildman–Crippen LogP) is 1.84. The lowest BCUT2D eigenvalue weighted by molar-refractivity contribution is -0.124. The summed E-state index contributed by atoms with van der Waals surface area (Å²) in [5.41, 5.74) is 2.47. The summed E-state index contributed by atoms with van der Waals surface area (Å²) >= 11 is 0. The summed E-state index contributed by atoms with van der Waals surface area (Å²) in [5.74, 6) is 0.0674. The predicted molar refractivity (Wildman–Crippen MR) is 82.3 cm³/mol. The van der Waals surface area contributed by atoms with E-state index in [9.17, 15) is 4.79 Å². The van der Waals surface area contributed by atoms with Crippen LogP contribution in [0.4, 0.5) is 0 Å². The quantitative estimate of drug-likeness (QED) is 0.788.